The van der Waals surface area contributed by atoms with Crippen molar-refractivity contribution >= 4 is 12.0 Å². The molecule has 0 saturated carbocycles. The largest absolute Gasteiger partial charge is 0.399 e. The molecule has 1 heterocycles. The number of carbonyl (C=O) groups is 1. The average molecular weight is 212 g/mol. The lowest BCUT2D eigenvalue weighted by Gasteiger charge is -2.04. The molecule has 0 fully saturated rings. The molecule has 80 valence electrons. The first kappa shape index (κ1) is 10.4. The van der Waals surface area contributed by atoms with Crippen molar-refractivity contribution in [1.29, 1.82) is 0 Å². The van der Waals surface area contributed by atoms with E-state index in [4.69, 9.17) is 5.73 Å². The maximum absolute atomic E-state index is 10.5. The molecule has 1 aromatic heterocycles. The fraction of sp³-hybridized carbons (Fsp3) is 0.0769. The van der Waals surface area contributed by atoms with Crippen molar-refractivity contribution in [1.82, 2.24) is 4.98 Å². The number of nitrogen functional groups attached to an aromatic ring is 1. The molecule has 0 spiro atoms. The topological polar surface area (TPSA) is 56.0 Å². The van der Waals surface area contributed by atoms with Crippen molar-refractivity contribution in [3.63, 3.8) is 0 Å². The summed E-state index contributed by atoms with van der Waals surface area (Å²) in [4.78, 5) is 14.5. The zero-order valence-corrected chi connectivity index (χ0v) is 8.97. The van der Waals surface area contributed by atoms with E-state index in [0.29, 0.717) is 5.69 Å². The fourth-order valence-electron chi connectivity index (χ4n) is 1.63. The van der Waals surface area contributed by atoms with E-state index in [1.54, 1.807) is 12.3 Å². The third-order valence-corrected chi connectivity index (χ3v) is 2.34. The Bertz CT molecular complexity index is 498. The van der Waals surface area contributed by atoms with Crippen molar-refractivity contribution < 1.29 is 4.79 Å². The van der Waals surface area contributed by atoms with Gasteiger partial charge in [0.25, 0.3) is 0 Å². The van der Waals surface area contributed by atoms with Crippen LogP contribution in [0.1, 0.15) is 16.1 Å². The van der Waals surface area contributed by atoms with Gasteiger partial charge in [-0.05, 0) is 36.2 Å². The Morgan fingerprint density at radius 3 is 2.56 bits per heavy atom. The van der Waals surface area contributed by atoms with Crippen molar-refractivity contribution in [2.75, 3.05) is 5.73 Å². The number of anilines is 1. The van der Waals surface area contributed by atoms with Crippen LogP contribution in [-0.4, -0.2) is 11.3 Å². The molecule has 2 N–H and O–H groups in total. The van der Waals surface area contributed by atoms with Crippen molar-refractivity contribution in [2.24, 2.45) is 0 Å². The minimum Gasteiger partial charge on any atom is -0.399 e. The van der Waals surface area contributed by atoms with Gasteiger partial charge >= 0.3 is 0 Å². The number of nitrogens with two attached hydrogens (primary N) is 1. The quantitative estimate of drug-likeness (QED) is 0.614. The summed E-state index contributed by atoms with van der Waals surface area (Å²) in [7, 11) is 0. The second kappa shape index (κ2) is 4.14. The van der Waals surface area contributed by atoms with Gasteiger partial charge in [0.05, 0.1) is 0 Å². The van der Waals surface area contributed by atoms with Crippen LogP contribution in [0.2, 0.25) is 0 Å². The minimum atomic E-state index is 0.435. The molecule has 0 aliphatic heterocycles. The molecule has 0 atom stereocenters. The molecule has 0 aliphatic carbocycles. The second-order valence-corrected chi connectivity index (χ2v) is 3.72. The van der Waals surface area contributed by atoms with E-state index in [9.17, 15) is 4.79 Å². The summed E-state index contributed by atoms with van der Waals surface area (Å²) >= 11 is 0. The highest BCUT2D eigenvalue weighted by molar-refractivity contribution is 5.74. The number of hydrogen-bond donors (Lipinski definition) is 1. The van der Waals surface area contributed by atoms with Crippen LogP contribution in [-0.2, 0) is 0 Å². The van der Waals surface area contributed by atoms with Crippen molar-refractivity contribution in [3.05, 3.63) is 47.8 Å². The van der Waals surface area contributed by atoms with Crippen molar-refractivity contribution in [3.8, 4) is 11.1 Å². The van der Waals surface area contributed by atoms with E-state index >= 15 is 0 Å². The second-order valence-electron chi connectivity index (χ2n) is 3.72. The smallest absolute Gasteiger partial charge is 0.168 e. The summed E-state index contributed by atoms with van der Waals surface area (Å²) in [5.41, 5.74) is 10.0. The summed E-state index contributed by atoms with van der Waals surface area (Å²) in [6.07, 6.45) is 2.41. The van der Waals surface area contributed by atoms with Crippen LogP contribution >= 0.6 is 0 Å². The van der Waals surface area contributed by atoms with E-state index in [0.717, 1.165) is 28.7 Å². The Morgan fingerprint density at radius 1 is 1.19 bits per heavy atom. The normalized spacial score (nSPS) is 10.1. The lowest BCUT2D eigenvalue weighted by molar-refractivity contribution is 0.111. The van der Waals surface area contributed by atoms with E-state index in [2.05, 4.69) is 4.98 Å². The number of benzene rings is 1. The molecule has 0 saturated heterocycles. The van der Waals surface area contributed by atoms with Crippen LogP contribution in [0, 0.1) is 6.92 Å². The number of aldehydes is 1. The van der Waals surface area contributed by atoms with E-state index in [1.165, 1.54) is 0 Å². The third-order valence-electron chi connectivity index (χ3n) is 2.34. The predicted molar refractivity (Wildman–Crippen MR) is 64.2 cm³/mol. The van der Waals surface area contributed by atoms with Gasteiger partial charge in [-0.15, -0.1) is 0 Å². The molecule has 2 rings (SSSR count). The Hall–Kier alpha value is -2.16. The van der Waals surface area contributed by atoms with Gasteiger partial charge < -0.3 is 5.73 Å². The van der Waals surface area contributed by atoms with Gasteiger partial charge in [-0.25, -0.2) is 0 Å². The van der Waals surface area contributed by atoms with Gasteiger partial charge in [0.15, 0.2) is 6.29 Å². The maximum Gasteiger partial charge on any atom is 0.168 e. The molecule has 3 heteroatoms. The number of rotatable bonds is 2. The summed E-state index contributed by atoms with van der Waals surface area (Å²) in [6, 6.07) is 9.40. The van der Waals surface area contributed by atoms with Gasteiger partial charge in [-0.2, -0.15) is 0 Å². The molecule has 3 nitrogen and oxygen atoms in total. The van der Waals surface area contributed by atoms with Gasteiger partial charge in [0, 0.05) is 17.4 Å². The highest BCUT2D eigenvalue weighted by atomic mass is 16.1. The van der Waals surface area contributed by atoms with Crippen LogP contribution in [0.3, 0.4) is 0 Å². The number of hydrogen-bond acceptors (Lipinski definition) is 3. The Labute approximate surface area is 93.9 Å². The van der Waals surface area contributed by atoms with Gasteiger partial charge in [0.1, 0.15) is 5.69 Å². The first-order valence-corrected chi connectivity index (χ1v) is 4.98. The van der Waals surface area contributed by atoms with Crippen LogP contribution < -0.4 is 5.73 Å². The summed E-state index contributed by atoms with van der Waals surface area (Å²) < 4.78 is 0. The Balaban J connectivity index is 2.45. The predicted octanol–water partition coefficient (Wildman–Crippen LogP) is 2.45. The molecule has 0 amide bonds. The van der Waals surface area contributed by atoms with E-state index in [1.807, 2.05) is 31.2 Å². The molecule has 0 bridgehead atoms. The van der Waals surface area contributed by atoms with Crippen LogP contribution in [0.15, 0.2) is 36.5 Å². The minimum absolute atomic E-state index is 0.435. The van der Waals surface area contributed by atoms with Crippen LogP contribution in [0.5, 0.6) is 0 Å². The van der Waals surface area contributed by atoms with Crippen LogP contribution in [0.25, 0.3) is 11.1 Å². The molecule has 1 aromatic carbocycles. The fourth-order valence-corrected chi connectivity index (χ4v) is 1.63. The molecule has 0 radical (unpaired) electrons. The first-order chi connectivity index (χ1) is 7.69. The highest BCUT2D eigenvalue weighted by Crippen LogP contribution is 2.22. The maximum atomic E-state index is 10.5. The number of pyridine rings is 1. The summed E-state index contributed by atoms with van der Waals surface area (Å²) in [6.45, 7) is 1.99. The lowest BCUT2D eigenvalue weighted by Crippen LogP contribution is -1.90. The van der Waals surface area contributed by atoms with Crippen molar-refractivity contribution in [2.45, 2.75) is 6.92 Å². The number of aromatic nitrogens is 1. The zero-order chi connectivity index (χ0) is 11.5. The highest BCUT2D eigenvalue weighted by Gasteiger charge is 2.00. The number of carbonyl (C=O) groups excluding carboxylic acids is 1. The molecular formula is C13H12N2O. The Kier molecular flexibility index (Phi) is 2.68. The van der Waals surface area contributed by atoms with Crippen LogP contribution in [0.4, 0.5) is 5.69 Å². The monoisotopic (exact) mass is 212 g/mol. The van der Waals surface area contributed by atoms with Gasteiger partial charge in [-0.3, -0.25) is 9.78 Å². The average Bonchev–Trinajstić information content (AvgIpc) is 2.28. The zero-order valence-electron chi connectivity index (χ0n) is 8.97. The summed E-state index contributed by atoms with van der Waals surface area (Å²) in [5, 5.41) is 0. The van der Waals surface area contributed by atoms with Gasteiger partial charge in [-0.1, -0.05) is 12.1 Å². The SMILES string of the molecule is Cc1cc(N)cc(-c2ccc(C=O)nc2)c1. The number of aryl methyl sites for hydroxylation is 1. The van der Waals surface area contributed by atoms with E-state index < -0.39 is 0 Å². The number of nitrogens with zero attached hydrogens (tertiary/aromatic N) is 1. The molecule has 0 aliphatic rings. The lowest BCUT2D eigenvalue weighted by atomic mass is 10.0. The van der Waals surface area contributed by atoms with E-state index in [-0.39, 0.29) is 0 Å². The van der Waals surface area contributed by atoms with Gasteiger partial charge in [0.2, 0.25) is 0 Å². The third kappa shape index (κ3) is 2.08. The standard InChI is InChI=1S/C13H12N2O/c1-9-4-11(6-12(14)5-9)10-2-3-13(8-16)15-7-10/h2-8H,14H2,1H3. The summed E-state index contributed by atoms with van der Waals surface area (Å²) in [5.74, 6) is 0. The molecule has 0 unspecified atom stereocenters. The molecule has 2 aromatic rings. The molecule has 16 heavy (non-hydrogen) atoms. The molecular weight excluding hydrogens is 200 g/mol. The Morgan fingerprint density at radius 2 is 2.00 bits per heavy atom. The first-order valence-electron chi connectivity index (χ1n) is 4.98.